The highest BCUT2D eigenvalue weighted by molar-refractivity contribution is 7.80. The average molecular weight is 405 g/mol. The third-order valence-electron chi connectivity index (χ3n) is 5.33. The van der Waals surface area contributed by atoms with Crippen LogP contribution in [0.2, 0.25) is 5.02 Å². The molecule has 2 atom stereocenters. The molecular weight excluding hydrogens is 376 g/mol. The van der Waals surface area contributed by atoms with Crippen LogP contribution in [0.3, 0.4) is 0 Å². The van der Waals surface area contributed by atoms with Gasteiger partial charge in [0, 0.05) is 5.56 Å². The molecule has 1 heterocycles. The lowest BCUT2D eigenvalue weighted by atomic mass is 9.98. The molecule has 0 saturated carbocycles. The zero-order valence-electron chi connectivity index (χ0n) is 16.0. The van der Waals surface area contributed by atoms with E-state index in [1.165, 1.54) is 31.7 Å². The summed E-state index contributed by atoms with van der Waals surface area (Å²) in [4.78, 5) is 3.23. The maximum Gasteiger partial charge on any atom is 0.171 e. The molecule has 0 aliphatic carbocycles. The quantitative estimate of drug-likeness (QED) is 0.565. The largest absolute Gasteiger partial charge is 0.354 e. The number of thiocarbonyl (C=S) groups is 1. The van der Waals surface area contributed by atoms with E-state index in [1.54, 1.807) is 9.80 Å². The Morgan fingerprint density at radius 1 is 1.00 bits per heavy atom. The Labute approximate surface area is 172 Å². The lowest BCUT2D eigenvalue weighted by Gasteiger charge is -2.37. The summed E-state index contributed by atoms with van der Waals surface area (Å²) in [6.07, 6.45) is 0. The Morgan fingerprint density at radius 2 is 1.63 bits per heavy atom. The number of halogens is 1. The molecule has 27 heavy (non-hydrogen) atoms. The highest BCUT2D eigenvalue weighted by atomic mass is 35.5. The van der Waals surface area contributed by atoms with Gasteiger partial charge < -0.3 is 20.4 Å². The summed E-state index contributed by atoms with van der Waals surface area (Å²) in [5, 5.41) is 8.00. The van der Waals surface area contributed by atoms with Crippen molar-refractivity contribution in [2.45, 2.75) is 19.0 Å². The number of para-hydroxylation sites is 1. The first-order valence-electron chi connectivity index (χ1n) is 9.57. The lowest BCUT2D eigenvalue weighted by molar-refractivity contribution is -1.02. The normalized spacial score (nSPS) is 21.9. The smallest absolute Gasteiger partial charge is 0.171 e. The van der Waals surface area contributed by atoms with E-state index in [0.717, 1.165) is 5.69 Å². The number of rotatable bonds is 5. The van der Waals surface area contributed by atoms with Crippen LogP contribution in [0.4, 0.5) is 5.69 Å². The van der Waals surface area contributed by atoms with Gasteiger partial charge in [0.15, 0.2) is 5.11 Å². The fraction of sp³-hybridized carbons (Fsp3) is 0.381. The van der Waals surface area contributed by atoms with Gasteiger partial charge in [-0.25, -0.2) is 0 Å². The maximum absolute atomic E-state index is 6.24. The van der Waals surface area contributed by atoms with Crippen LogP contribution in [0, 0.1) is 0 Å². The van der Waals surface area contributed by atoms with E-state index < -0.39 is 0 Å². The predicted molar refractivity (Wildman–Crippen MR) is 117 cm³/mol. The first-order valence-corrected chi connectivity index (χ1v) is 10.4. The molecule has 1 saturated heterocycles. The number of hydrogen-bond donors (Lipinski definition) is 4. The molecule has 2 aromatic rings. The zero-order valence-corrected chi connectivity index (χ0v) is 17.5. The van der Waals surface area contributed by atoms with Gasteiger partial charge in [0.25, 0.3) is 0 Å². The van der Waals surface area contributed by atoms with Crippen LogP contribution in [0.25, 0.3) is 0 Å². The molecule has 4 N–H and O–H groups in total. The van der Waals surface area contributed by atoms with Crippen molar-refractivity contribution in [2.75, 3.05) is 38.5 Å². The molecule has 4 nitrogen and oxygen atoms in total. The summed E-state index contributed by atoms with van der Waals surface area (Å²) in [5.41, 5.74) is 2.18. The van der Waals surface area contributed by atoms with Crippen molar-refractivity contribution >= 4 is 34.6 Å². The first kappa shape index (κ1) is 20.1. The van der Waals surface area contributed by atoms with Gasteiger partial charge in [-0.2, -0.15) is 0 Å². The summed E-state index contributed by atoms with van der Waals surface area (Å²) in [5.74, 6) is 0. The van der Waals surface area contributed by atoms with Crippen LogP contribution < -0.4 is 20.4 Å². The minimum atomic E-state index is 0.197. The van der Waals surface area contributed by atoms with E-state index in [-0.39, 0.29) is 6.04 Å². The number of quaternary nitrogens is 2. The van der Waals surface area contributed by atoms with Crippen molar-refractivity contribution in [2.24, 2.45) is 0 Å². The molecule has 144 valence electrons. The molecule has 0 radical (unpaired) electrons. The van der Waals surface area contributed by atoms with E-state index in [1.807, 2.05) is 24.3 Å². The highest BCUT2D eigenvalue weighted by Gasteiger charge is 2.33. The van der Waals surface area contributed by atoms with E-state index in [2.05, 4.69) is 54.9 Å². The molecule has 6 heteroatoms. The summed E-state index contributed by atoms with van der Waals surface area (Å²) in [7, 11) is 2.28. The van der Waals surface area contributed by atoms with Crippen molar-refractivity contribution in [1.29, 1.82) is 0 Å². The van der Waals surface area contributed by atoms with Crippen molar-refractivity contribution in [1.82, 2.24) is 5.32 Å². The molecular formula is C21H29ClN4S+2. The highest BCUT2D eigenvalue weighted by Crippen LogP contribution is 2.20. The number of nitrogens with one attached hydrogen (secondary N) is 4. The number of piperazine rings is 1. The Morgan fingerprint density at radius 3 is 2.30 bits per heavy atom. The van der Waals surface area contributed by atoms with Crippen LogP contribution in [0.15, 0.2) is 54.6 Å². The molecule has 1 aliphatic rings. The first-order chi connectivity index (χ1) is 13.0. The molecule has 0 aromatic heterocycles. The molecule has 1 fully saturated rings. The zero-order chi connectivity index (χ0) is 19.2. The fourth-order valence-corrected chi connectivity index (χ4v) is 4.34. The minimum absolute atomic E-state index is 0.197. The van der Waals surface area contributed by atoms with Crippen LogP contribution in [-0.4, -0.2) is 44.4 Å². The van der Waals surface area contributed by atoms with Crippen molar-refractivity contribution in [3.8, 4) is 0 Å². The van der Waals surface area contributed by atoms with Crippen LogP contribution in [0.1, 0.15) is 18.5 Å². The summed E-state index contributed by atoms with van der Waals surface area (Å²) >= 11 is 11.8. The van der Waals surface area contributed by atoms with Gasteiger partial charge in [-0.3, -0.25) is 0 Å². The lowest BCUT2D eigenvalue weighted by Crippen LogP contribution is -3.27. The average Bonchev–Trinajstić information content (AvgIpc) is 2.66. The fourth-order valence-electron chi connectivity index (χ4n) is 3.86. The van der Waals surface area contributed by atoms with Gasteiger partial charge in [-0.05, 0) is 31.3 Å². The summed E-state index contributed by atoms with van der Waals surface area (Å²) in [6, 6.07) is 19.0. The molecule has 1 aliphatic heterocycles. The van der Waals surface area contributed by atoms with Crippen molar-refractivity contribution < 1.29 is 9.80 Å². The van der Waals surface area contributed by atoms with Crippen LogP contribution in [0.5, 0.6) is 0 Å². The standard InChI is InChI=1S/C21H27ClN4S/c1-16(23-21(27)24-19-11-7-6-10-18(19)22)20(17-8-4-3-5-9-17)26-14-12-25(2)13-15-26/h3-11,16,20H,12-15H2,1-2H3,(H2,23,24,27)/p+2/t16-,20+/m0/s1. The third kappa shape index (κ3) is 5.42. The predicted octanol–water partition coefficient (Wildman–Crippen LogP) is 1.17. The number of hydrogen-bond acceptors (Lipinski definition) is 1. The monoisotopic (exact) mass is 404 g/mol. The number of benzene rings is 2. The second kappa shape index (κ2) is 9.51. The number of anilines is 1. The molecule has 0 unspecified atom stereocenters. The second-order valence-corrected chi connectivity index (χ2v) is 8.19. The Kier molecular flexibility index (Phi) is 7.07. The van der Waals surface area contributed by atoms with Gasteiger partial charge in [0.05, 0.1) is 23.8 Å². The molecule has 0 amide bonds. The van der Waals surface area contributed by atoms with Gasteiger partial charge in [-0.1, -0.05) is 54.1 Å². The van der Waals surface area contributed by atoms with E-state index in [0.29, 0.717) is 16.2 Å². The molecule has 2 aromatic carbocycles. The van der Waals surface area contributed by atoms with Crippen molar-refractivity contribution in [3.63, 3.8) is 0 Å². The van der Waals surface area contributed by atoms with Crippen LogP contribution in [-0.2, 0) is 0 Å². The second-order valence-electron chi connectivity index (χ2n) is 7.37. The van der Waals surface area contributed by atoms with Crippen molar-refractivity contribution in [3.05, 3.63) is 65.2 Å². The molecule has 0 bridgehead atoms. The van der Waals surface area contributed by atoms with E-state index in [9.17, 15) is 0 Å². The summed E-state index contributed by atoms with van der Waals surface area (Å²) < 4.78 is 0. The number of likely N-dealkylation sites (N-methyl/N-ethyl adjacent to an activating group) is 1. The summed E-state index contributed by atoms with van der Waals surface area (Å²) in [6.45, 7) is 6.96. The molecule has 0 spiro atoms. The Balaban J connectivity index is 1.71. The van der Waals surface area contributed by atoms with Gasteiger partial charge in [0.1, 0.15) is 32.2 Å². The SMILES string of the molecule is C[C@H](NC(=S)Nc1ccccc1Cl)[C@H](c1ccccc1)[NH+]1CC[NH+](C)CC1. The van der Waals surface area contributed by atoms with Gasteiger partial charge >= 0.3 is 0 Å². The Bertz CT molecular complexity index is 747. The topological polar surface area (TPSA) is 32.9 Å². The van der Waals surface area contributed by atoms with E-state index in [4.69, 9.17) is 23.8 Å². The van der Waals surface area contributed by atoms with Gasteiger partial charge in [-0.15, -0.1) is 0 Å². The van der Waals surface area contributed by atoms with Crippen LogP contribution >= 0.6 is 23.8 Å². The Hall–Kier alpha value is -1.66. The third-order valence-corrected chi connectivity index (χ3v) is 5.87. The van der Waals surface area contributed by atoms with Gasteiger partial charge in [0.2, 0.25) is 0 Å². The maximum atomic E-state index is 6.24. The van der Waals surface area contributed by atoms with E-state index >= 15 is 0 Å². The molecule has 3 rings (SSSR count). The minimum Gasteiger partial charge on any atom is -0.354 e.